The normalized spacial score (nSPS) is 11.5. The van der Waals surface area contributed by atoms with Gasteiger partial charge in [-0.25, -0.2) is 9.78 Å². The fourth-order valence-corrected chi connectivity index (χ4v) is 2.09. The molecule has 0 saturated carbocycles. The molecule has 0 unspecified atom stereocenters. The molecule has 0 aliphatic heterocycles. The van der Waals surface area contributed by atoms with E-state index in [-0.39, 0.29) is 0 Å². The van der Waals surface area contributed by atoms with Gasteiger partial charge in [0, 0.05) is 5.69 Å². The molecule has 0 aromatic carbocycles. The highest BCUT2D eigenvalue weighted by atomic mass is 16.3. The van der Waals surface area contributed by atoms with Crippen molar-refractivity contribution in [3.8, 4) is 5.88 Å². The Bertz CT molecular complexity index is 1010. The van der Waals surface area contributed by atoms with Gasteiger partial charge in [-0.1, -0.05) is 0 Å². The Hall–Kier alpha value is -3.30. The number of hydrogen-bond donors (Lipinski definition) is 4. The van der Waals surface area contributed by atoms with Crippen LogP contribution in [0.25, 0.3) is 11.0 Å². The molecule has 3 rings (SSSR count). The van der Waals surface area contributed by atoms with E-state index < -0.39 is 22.8 Å². The van der Waals surface area contributed by atoms with Gasteiger partial charge < -0.3 is 5.11 Å². The van der Waals surface area contributed by atoms with E-state index in [9.17, 15) is 14.7 Å². The van der Waals surface area contributed by atoms with Gasteiger partial charge in [0.25, 0.3) is 5.56 Å². The molecule has 10 heteroatoms. The van der Waals surface area contributed by atoms with Crippen molar-refractivity contribution in [1.29, 1.82) is 0 Å². The average molecular weight is 301 g/mol. The van der Waals surface area contributed by atoms with Crippen molar-refractivity contribution in [3.05, 3.63) is 38.2 Å². The molecular weight excluding hydrogens is 290 g/mol. The lowest BCUT2D eigenvalue weighted by molar-refractivity contribution is 0.450. The molecule has 3 heterocycles. The summed E-state index contributed by atoms with van der Waals surface area (Å²) in [6.45, 7) is 3.72. The van der Waals surface area contributed by atoms with Crippen molar-refractivity contribution in [2.75, 3.05) is 0 Å². The van der Waals surface area contributed by atoms with E-state index in [1.807, 2.05) is 29.9 Å². The average Bonchev–Trinajstić information content (AvgIpc) is 2.80. The topological polar surface area (TPSA) is 152 Å². The van der Waals surface area contributed by atoms with Gasteiger partial charge in [0.1, 0.15) is 0 Å². The Kier molecular flexibility index (Phi) is 3.05. The van der Waals surface area contributed by atoms with Crippen LogP contribution in [0.15, 0.2) is 25.9 Å². The van der Waals surface area contributed by atoms with Crippen LogP contribution < -0.4 is 11.2 Å². The number of aromatic amines is 3. The van der Waals surface area contributed by atoms with Gasteiger partial charge in [-0.3, -0.25) is 19.9 Å². The highest BCUT2D eigenvalue weighted by Gasteiger charge is 2.11. The van der Waals surface area contributed by atoms with Crippen LogP contribution in [-0.2, 0) is 0 Å². The van der Waals surface area contributed by atoms with Crippen molar-refractivity contribution >= 4 is 22.5 Å². The Morgan fingerprint density at radius 2 is 1.95 bits per heavy atom. The zero-order valence-corrected chi connectivity index (χ0v) is 11.6. The van der Waals surface area contributed by atoms with Gasteiger partial charge in [-0.15, -0.1) is 10.2 Å². The Balaban J connectivity index is 2.11. The summed E-state index contributed by atoms with van der Waals surface area (Å²) in [7, 11) is 0. The minimum atomic E-state index is -0.848. The first kappa shape index (κ1) is 13.7. The summed E-state index contributed by atoms with van der Waals surface area (Å²) in [5, 5.41) is 24.4. The van der Waals surface area contributed by atoms with E-state index in [2.05, 4.69) is 25.4 Å². The van der Waals surface area contributed by atoms with E-state index in [1.54, 1.807) is 0 Å². The molecule has 0 saturated heterocycles. The molecule has 0 amide bonds. The van der Waals surface area contributed by atoms with Gasteiger partial charge in [-0.2, -0.15) is 5.10 Å². The maximum absolute atomic E-state index is 11.6. The molecule has 0 aliphatic rings. The second-order valence-corrected chi connectivity index (χ2v) is 4.66. The van der Waals surface area contributed by atoms with Crippen LogP contribution in [0.5, 0.6) is 5.88 Å². The minimum Gasteiger partial charge on any atom is -0.493 e. The number of nitrogens with zero attached hydrogens (tertiary/aromatic N) is 4. The van der Waals surface area contributed by atoms with E-state index >= 15 is 0 Å². The molecule has 0 spiro atoms. The Morgan fingerprint density at radius 1 is 1.18 bits per heavy atom. The number of nitrogens with one attached hydrogen (secondary N) is 3. The van der Waals surface area contributed by atoms with Crippen molar-refractivity contribution in [1.82, 2.24) is 25.1 Å². The summed E-state index contributed by atoms with van der Waals surface area (Å²) < 4.78 is 0. The molecule has 22 heavy (non-hydrogen) atoms. The number of fused-ring (bicyclic) bond motifs is 1. The third kappa shape index (κ3) is 2.26. The number of pyridine rings is 1. The van der Waals surface area contributed by atoms with Gasteiger partial charge in [0.05, 0.1) is 5.39 Å². The first-order chi connectivity index (χ1) is 10.5. The van der Waals surface area contributed by atoms with Gasteiger partial charge >= 0.3 is 5.69 Å². The molecular formula is C12H11N7O3. The van der Waals surface area contributed by atoms with Gasteiger partial charge in [0.15, 0.2) is 11.5 Å². The van der Waals surface area contributed by atoms with Crippen LogP contribution in [-0.4, -0.2) is 30.3 Å². The van der Waals surface area contributed by atoms with Crippen LogP contribution in [0, 0.1) is 13.8 Å². The molecule has 112 valence electrons. The van der Waals surface area contributed by atoms with Crippen LogP contribution in [0.1, 0.15) is 11.3 Å². The van der Waals surface area contributed by atoms with Crippen molar-refractivity contribution in [2.45, 2.75) is 13.8 Å². The lowest BCUT2D eigenvalue weighted by Crippen LogP contribution is -2.20. The van der Waals surface area contributed by atoms with Crippen LogP contribution in [0.3, 0.4) is 0 Å². The van der Waals surface area contributed by atoms with Gasteiger partial charge in [0.2, 0.25) is 11.6 Å². The summed E-state index contributed by atoms with van der Waals surface area (Å²) in [5.41, 5.74) is 0.106. The highest BCUT2D eigenvalue weighted by molar-refractivity contribution is 5.88. The lowest BCUT2D eigenvalue weighted by atomic mass is 10.2. The second kappa shape index (κ2) is 4.91. The number of rotatable bonds is 2. The third-order valence-corrected chi connectivity index (χ3v) is 2.98. The molecule has 0 fully saturated rings. The molecule has 0 bridgehead atoms. The fourth-order valence-electron chi connectivity index (χ4n) is 2.09. The quantitative estimate of drug-likeness (QED) is 0.521. The molecule has 0 atom stereocenters. The number of aromatic hydroxyl groups is 1. The third-order valence-electron chi connectivity index (χ3n) is 2.98. The number of aromatic nitrogens is 5. The van der Waals surface area contributed by atoms with Crippen molar-refractivity contribution in [2.24, 2.45) is 10.2 Å². The fraction of sp³-hybridized carbons (Fsp3) is 0.167. The summed E-state index contributed by atoms with van der Waals surface area (Å²) in [4.78, 5) is 30.8. The molecule has 3 aromatic heterocycles. The summed E-state index contributed by atoms with van der Waals surface area (Å²) >= 11 is 0. The van der Waals surface area contributed by atoms with Crippen LogP contribution in [0.2, 0.25) is 0 Å². The number of aryl methyl sites for hydroxylation is 2. The zero-order chi connectivity index (χ0) is 15.9. The van der Waals surface area contributed by atoms with E-state index in [0.29, 0.717) is 16.9 Å². The number of H-pyrrole nitrogens is 3. The minimum absolute atomic E-state index is 0.296. The number of hydrogen-bond acceptors (Lipinski definition) is 7. The summed E-state index contributed by atoms with van der Waals surface area (Å²) in [5.74, 6) is -0.364. The smallest absolute Gasteiger partial charge is 0.328 e. The lowest BCUT2D eigenvalue weighted by Gasteiger charge is -1.98. The summed E-state index contributed by atoms with van der Waals surface area (Å²) in [6, 6.07) is 1.86. The maximum atomic E-state index is 11.6. The molecule has 10 nitrogen and oxygen atoms in total. The largest absolute Gasteiger partial charge is 0.493 e. The summed E-state index contributed by atoms with van der Waals surface area (Å²) in [6.07, 6.45) is 0. The van der Waals surface area contributed by atoms with E-state index in [4.69, 9.17) is 0 Å². The first-order valence-electron chi connectivity index (χ1n) is 6.25. The molecule has 3 aromatic rings. The monoisotopic (exact) mass is 301 g/mol. The van der Waals surface area contributed by atoms with Gasteiger partial charge in [-0.05, 0) is 25.5 Å². The van der Waals surface area contributed by atoms with E-state index in [0.717, 1.165) is 11.3 Å². The Labute approximate surface area is 122 Å². The molecule has 4 N–H and O–H groups in total. The standard InChI is InChI=1S/C12H11N7O3/c1-4-3-5(2)13-8-6(4)9(19-17-8)18-16-7-10(20)14-12(22)15-11(7)21/h3H,1-2H3,(H,13,17,19)(H3,14,15,20,21,22). The molecule has 0 radical (unpaired) electrons. The SMILES string of the molecule is Cc1cc(C)c2c(N=Nc3c(O)[nH]c(=O)[nH]c3=O)[nH]nc2n1. The number of azo groups is 1. The predicted molar refractivity (Wildman–Crippen MR) is 76.9 cm³/mol. The Morgan fingerprint density at radius 3 is 2.68 bits per heavy atom. The maximum Gasteiger partial charge on any atom is 0.328 e. The first-order valence-corrected chi connectivity index (χ1v) is 6.25. The highest BCUT2D eigenvalue weighted by Crippen LogP contribution is 2.27. The van der Waals surface area contributed by atoms with Crippen molar-refractivity contribution in [3.63, 3.8) is 0 Å². The molecule has 0 aliphatic carbocycles. The van der Waals surface area contributed by atoms with Crippen LogP contribution >= 0.6 is 0 Å². The van der Waals surface area contributed by atoms with E-state index in [1.165, 1.54) is 0 Å². The second-order valence-electron chi connectivity index (χ2n) is 4.66. The predicted octanol–water partition coefficient (Wildman–Crippen LogP) is 1.07. The van der Waals surface area contributed by atoms with Crippen LogP contribution in [0.4, 0.5) is 11.5 Å². The van der Waals surface area contributed by atoms with Crippen molar-refractivity contribution < 1.29 is 5.11 Å². The zero-order valence-electron chi connectivity index (χ0n) is 11.6.